The van der Waals surface area contributed by atoms with Crippen molar-refractivity contribution in [2.24, 2.45) is 15.9 Å². The molecule has 4 heteroatoms. The van der Waals surface area contributed by atoms with Crippen molar-refractivity contribution in [3.8, 4) is 10.4 Å². The smallest absolute Gasteiger partial charge is 0.151 e. The SMILES string of the molecule is CCCCCCC1(CCCCCC)N=c2c(C)ccc(-c3cc4c(s3)C3SC(C)=CC3C4(C)C)c2=N1. The van der Waals surface area contributed by atoms with Gasteiger partial charge in [0.05, 0.1) is 16.0 Å². The Morgan fingerprint density at radius 3 is 2.19 bits per heavy atom. The molecular weight excluding hydrogens is 477 g/mol. The van der Waals surface area contributed by atoms with Gasteiger partial charge >= 0.3 is 0 Å². The van der Waals surface area contributed by atoms with Crippen LogP contribution in [0, 0.1) is 12.8 Å². The molecule has 1 aromatic heterocycles. The molecule has 2 aromatic rings. The second-order valence-electron chi connectivity index (χ2n) is 11.9. The molecule has 0 radical (unpaired) electrons. The number of aryl methyl sites for hydroxylation is 1. The zero-order valence-corrected chi connectivity index (χ0v) is 24.9. The normalized spacial score (nSPS) is 22.6. The molecule has 2 aliphatic heterocycles. The van der Waals surface area contributed by atoms with E-state index in [-0.39, 0.29) is 11.1 Å². The Labute approximate surface area is 226 Å². The predicted octanol–water partition coefficient (Wildman–Crippen LogP) is 9.21. The van der Waals surface area contributed by atoms with Gasteiger partial charge in [0.15, 0.2) is 5.66 Å². The fourth-order valence-corrected chi connectivity index (χ4v) is 9.58. The van der Waals surface area contributed by atoms with E-state index in [0.717, 1.165) is 18.2 Å². The second-order valence-corrected chi connectivity index (χ2v) is 14.4. The minimum Gasteiger partial charge on any atom is -0.253 e. The van der Waals surface area contributed by atoms with Crippen LogP contribution >= 0.6 is 23.1 Å². The van der Waals surface area contributed by atoms with Crippen LogP contribution in [0.4, 0.5) is 0 Å². The fourth-order valence-electron chi connectivity index (χ4n) is 6.48. The lowest BCUT2D eigenvalue weighted by atomic mass is 9.78. The van der Waals surface area contributed by atoms with Gasteiger partial charge in [-0.1, -0.05) is 84.4 Å². The molecule has 0 spiro atoms. The number of thiophene rings is 1. The van der Waals surface area contributed by atoms with Gasteiger partial charge in [-0.05, 0) is 67.0 Å². The Balaban J connectivity index is 1.52. The zero-order valence-electron chi connectivity index (χ0n) is 23.2. The first kappa shape index (κ1) is 26.2. The first-order chi connectivity index (χ1) is 17.3. The Morgan fingerprint density at radius 2 is 1.53 bits per heavy atom. The molecular formula is C32H44N2S2. The van der Waals surface area contributed by atoms with Gasteiger partial charge in [0, 0.05) is 21.2 Å². The summed E-state index contributed by atoms with van der Waals surface area (Å²) >= 11 is 4.09. The van der Waals surface area contributed by atoms with Crippen LogP contribution in [0.3, 0.4) is 0 Å². The molecule has 0 N–H and O–H groups in total. The third kappa shape index (κ3) is 4.66. The average Bonchev–Trinajstić information content (AvgIpc) is 3.58. The van der Waals surface area contributed by atoms with Gasteiger partial charge in [0.2, 0.25) is 0 Å². The highest BCUT2D eigenvalue weighted by Gasteiger charge is 2.49. The van der Waals surface area contributed by atoms with Gasteiger partial charge in [-0.2, -0.15) is 0 Å². The molecule has 0 amide bonds. The fraction of sp³-hybridized carbons (Fsp3) is 0.625. The quantitative estimate of drug-likeness (QED) is 0.271. The van der Waals surface area contributed by atoms with Gasteiger partial charge < -0.3 is 0 Å². The molecule has 0 fully saturated rings. The highest BCUT2D eigenvalue weighted by atomic mass is 32.2. The third-order valence-corrected chi connectivity index (χ3v) is 11.4. The number of hydrogen-bond donors (Lipinski definition) is 0. The maximum absolute atomic E-state index is 5.54. The number of rotatable bonds is 11. The van der Waals surface area contributed by atoms with Crippen molar-refractivity contribution < 1.29 is 0 Å². The number of hydrogen-bond acceptors (Lipinski definition) is 4. The summed E-state index contributed by atoms with van der Waals surface area (Å²) in [6, 6.07) is 7.12. The lowest BCUT2D eigenvalue weighted by molar-refractivity contribution is 0.350. The first-order valence-electron chi connectivity index (χ1n) is 14.4. The van der Waals surface area contributed by atoms with E-state index in [0.29, 0.717) is 11.2 Å². The average molecular weight is 521 g/mol. The second kappa shape index (κ2) is 10.4. The summed E-state index contributed by atoms with van der Waals surface area (Å²) < 4.78 is 0. The maximum atomic E-state index is 5.54. The highest BCUT2D eigenvalue weighted by Crippen LogP contribution is 2.63. The van der Waals surface area contributed by atoms with E-state index in [4.69, 9.17) is 9.98 Å². The van der Waals surface area contributed by atoms with E-state index in [1.54, 1.807) is 10.4 Å². The van der Waals surface area contributed by atoms with Crippen molar-refractivity contribution in [2.45, 2.75) is 122 Å². The van der Waals surface area contributed by atoms with Crippen molar-refractivity contribution in [1.29, 1.82) is 0 Å². The van der Waals surface area contributed by atoms with Crippen molar-refractivity contribution in [3.05, 3.63) is 55.9 Å². The Bertz CT molecular complexity index is 1250. The number of fused-ring (bicyclic) bond motifs is 4. The lowest BCUT2D eigenvalue weighted by Gasteiger charge is -2.25. The molecule has 0 saturated carbocycles. The van der Waals surface area contributed by atoms with Gasteiger partial charge in [0.1, 0.15) is 0 Å². The summed E-state index contributed by atoms with van der Waals surface area (Å²) in [7, 11) is 0. The highest BCUT2D eigenvalue weighted by molar-refractivity contribution is 8.03. The number of thioether (sulfide) groups is 1. The molecule has 2 unspecified atom stereocenters. The van der Waals surface area contributed by atoms with E-state index >= 15 is 0 Å². The van der Waals surface area contributed by atoms with Crippen LogP contribution < -0.4 is 10.7 Å². The predicted molar refractivity (Wildman–Crippen MR) is 158 cm³/mol. The summed E-state index contributed by atoms with van der Waals surface area (Å²) in [6.07, 6.45) is 14.9. The minimum absolute atomic E-state index is 0.192. The largest absolute Gasteiger partial charge is 0.253 e. The van der Waals surface area contributed by atoms with Crippen LogP contribution in [-0.2, 0) is 5.41 Å². The topological polar surface area (TPSA) is 24.7 Å². The van der Waals surface area contributed by atoms with Crippen molar-refractivity contribution in [3.63, 3.8) is 0 Å². The summed E-state index contributed by atoms with van der Waals surface area (Å²) in [5.41, 5.74) is 4.08. The number of benzene rings is 1. The first-order valence-corrected chi connectivity index (χ1v) is 16.1. The summed E-state index contributed by atoms with van der Waals surface area (Å²) in [4.78, 5) is 15.4. The molecule has 194 valence electrons. The standard InChI is InChI=1S/C32H44N2S2/c1-7-9-11-13-17-32(18-14-12-10-8-2)33-27-21(3)15-16-23(28(27)34-32)26-20-25-30(36-26)29-24(31(25,5)6)19-22(4)35-29/h15-16,19-20,24,29H,7-14,17-18H2,1-6H3. The van der Waals surface area contributed by atoms with Gasteiger partial charge in [-0.25, -0.2) is 0 Å². The molecule has 3 heterocycles. The van der Waals surface area contributed by atoms with Crippen molar-refractivity contribution in [2.75, 3.05) is 0 Å². The number of nitrogens with zero attached hydrogens (tertiary/aromatic N) is 2. The molecule has 5 rings (SSSR count). The minimum atomic E-state index is -0.253. The molecule has 36 heavy (non-hydrogen) atoms. The summed E-state index contributed by atoms with van der Waals surface area (Å²) in [6.45, 7) is 14.0. The van der Waals surface area contributed by atoms with E-state index in [9.17, 15) is 0 Å². The lowest BCUT2D eigenvalue weighted by Crippen LogP contribution is -2.26. The Morgan fingerprint density at radius 1 is 0.861 bits per heavy atom. The number of allylic oxidation sites excluding steroid dienone is 2. The van der Waals surface area contributed by atoms with Crippen LogP contribution in [0.25, 0.3) is 10.4 Å². The monoisotopic (exact) mass is 520 g/mol. The van der Waals surface area contributed by atoms with Crippen LogP contribution in [0.5, 0.6) is 0 Å². The molecule has 1 aromatic carbocycles. The van der Waals surface area contributed by atoms with Crippen LogP contribution in [0.2, 0.25) is 0 Å². The van der Waals surface area contributed by atoms with Crippen molar-refractivity contribution >= 4 is 23.1 Å². The van der Waals surface area contributed by atoms with Crippen molar-refractivity contribution in [1.82, 2.24) is 0 Å². The van der Waals surface area contributed by atoms with E-state index < -0.39 is 0 Å². The molecule has 0 bridgehead atoms. The van der Waals surface area contributed by atoms with E-state index in [2.05, 4.69) is 77.6 Å². The van der Waals surface area contributed by atoms with Gasteiger partial charge in [-0.15, -0.1) is 23.1 Å². The maximum Gasteiger partial charge on any atom is 0.151 e. The summed E-state index contributed by atoms with van der Waals surface area (Å²) in [5.74, 6) is 0.625. The van der Waals surface area contributed by atoms with Gasteiger partial charge in [0.25, 0.3) is 0 Å². The third-order valence-electron chi connectivity index (χ3n) is 8.72. The molecule has 1 aliphatic carbocycles. The van der Waals surface area contributed by atoms with Gasteiger partial charge in [-0.3, -0.25) is 9.98 Å². The Kier molecular flexibility index (Phi) is 7.58. The Hall–Kier alpha value is -1.39. The van der Waals surface area contributed by atoms with Crippen LogP contribution in [-0.4, -0.2) is 5.66 Å². The number of unbranched alkanes of at least 4 members (excludes halogenated alkanes) is 6. The van der Waals surface area contributed by atoms with Crippen LogP contribution in [0.1, 0.15) is 120 Å². The molecule has 2 atom stereocenters. The van der Waals surface area contributed by atoms with E-state index in [1.165, 1.54) is 77.6 Å². The summed E-state index contributed by atoms with van der Waals surface area (Å²) in [5, 5.41) is 2.92. The van der Waals surface area contributed by atoms with E-state index in [1.807, 2.05) is 11.3 Å². The van der Waals surface area contributed by atoms with Crippen LogP contribution in [0.15, 0.2) is 39.2 Å². The molecule has 0 saturated heterocycles. The zero-order chi connectivity index (χ0) is 25.5. The molecule has 3 aliphatic rings. The molecule has 2 nitrogen and oxygen atoms in total.